The molecule has 0 aromatic carbocycles. The van der Waals surface area contributed by atoms with Gasteiger partial charge in [0.05, 0.1) is 4.88 Å². The lowest BCUT2D eigenvalue weighted by Crippen LogP contribution is -2.47. The Bertz CT molecular complexity index is 530. The summed E-state index contributed by atoms with van der Waals surface area (Å²) in [7, 11) is 0. The summed E-state index contributed by atoms with van der Waals surface area (Å²) in [5, 5.41) is 3.62. The smallest absolute Gasteiger partial charge is 0.264 e. The molecule has 3 rings (SSSR count). The van der Waals surface area contributed by atoms with E-state index < -0.39 is 0 Å². The van der Waals surface area contributed by atoms with Gasteiger partial charge in [-0.1, -0.05) is 12.8 Å². The van der Waals surface area contributed by atoms with Crippen molar-refractivity contribution < 1.29 is 9.59 Å². The molecule has 23 heavy (non-hydrogen) atoms. The lowest BCUT2D eigenvalue weighted by Gasteiger charge is -2.32. The lowest BCUT2D eigenvalue weighted by molar-refractivity contribution is -0.119. The van der Waals surface area contributed by atoms with Gasteiger partial charge in [0.2, 0.25) is 6.41 Å². The molecule has 0 spiro atoms. The van der Waals surface area contributed by atoms with Gasteiger partial charge in [-0.2, -0.15) is 0 Å². The fraction of sp³-hybridized carbons (Fsp3) is 0.647. The SMILES string of the molecule is O=CN1CCN(C(=O)c2ccc(CC3CCCCCN3)s2)CC1. The molecule has 1 atom stereocenters. The van der Waals surface area contributed by atoms with Gasteiger partial charge in [-0.15, -0.1) is 11.3 Å². The lowest BCUT2D eigenvalue weighted by atomic mass is 10.1. The summed E-state index contributed by atoms with van der Waals surface area (Å²) in [4.78, 5) is 29.0. The van der Waals surface area contributed by atoms with Crippen LogP contribution in [0.15, 0.2) is 12.1 Å². The van der Waals surface area contributed by atoms with Crippen LogP contribution in [-0.4, -0.2) is 60.9 Å². The minimum Gasteiger partial charge on any atom is -0.342 e. The Morgan fingerprint density at radius 3 is 2.83 bits per heavy atom. The Morgan fingerprint density at radius 1 is 1.22 bits per heavy atom. The number of amides is 2. The van der Waals surface area contributed by atoms with Crippen molar-refractivity contribution in [1.29, 1.82) is 0 Å². The molecule has 2 fully saturated rings. The van der Waals surface area contributed by atoms with Gasteiger partial charge in [0.25, 0.3) is 5.91 Å². The number of carbonyl (C=O) groups excluding carboxylic acids is 2. The first-order chi connectivity index (χ1) is 11.3. The normalized spacial score (nSPS) is 22.7. The van der Waals surface area contributed by atoms with E-state index in [1.54, 1.807) is 16.2 Å². The van der Waals surface area contributed by atoms with Crippen LogP contribution >= 0.6 is 11.3 Å². The molecule has 126 valence electrons. The third-order valence-corrected chi connectivity index (χ3v) is 5.83. The van der Waals surface area contributed by atoms with Gasteiger partial charge >= 0.3 is 0 Å². The van der Waals surface area contributed by atoms with E-state index in [-0.39, 0.29) is 5.91 Å². The van der Waals surface area contributed by atoms with Crippen LogP contribution in [0.4, 0.5) is 0 Å². The molecule has 1 aromatic heterocycles. The summed E-state index contributed by atoms with van der Waals surface area (Å²) < 4.78 is 0. The highest BCUT2D eigenvalue weighted by molar-refractivity contribution is 7.14. The second-order valence-corrected chi connectivity index (χ2v) is 7.57. The first-order valence-corrected chi connectivity index (χ1v) is 9.38. The molecular formula is C17H25N3O2S. The van der Waals surface area contributed by atoms with Crippen molar-refractivity contribution in [3.8, 4) is 0 Å². The van der Waals surface area contributed by atoms with Crippen molar-refractivity contribution in [2.45, 2.75) is 38.1 Å². The Labute approximate surface area is 141 Å². The molecule has 5 nitrogen and oxygen atoms in total. The molecule has 2 aliphatic heterocycles. The zero-order chi connectivity index (χ0) is 16.1. The average Bonchev–Trinajstić information content (AvgIpc) is 2.90. The maximum Gasteiger partial charge on any atom is 0.264 e. The monoisotopic (exact) mass is 335 g/mol. The van der Waals surface area contributed by atoms with Crippen molar-refractivity contribution >= 4 is 23.7 Å². The minimum atomic E-state index is 0.112. The van der Waals surface area contributed by atoms with Crippen molar-refractivity contribution in [3.63, 3.8) is 0 Å². The van der Waals surface area contributed by atoms with E-state index in [1.807, 2.05) is 11.0 Å². The van der Waals surface area contributed by atoms with Gasteiger partial charge in [0.15, 0.2) is 0 Å². The van der Waals surface area contributed by atoms with Crippen LogP contribution in [0, 0.1) is 0 Å². The molecule has 1 aromatic rings. The topological polar surface area (TPSA) is 52.7 Å². The van der Waals surface area contributed by atoms with Gasteiger partial charge in [0, 0.05) is 37.1 Å². The molecule has 0 radical (unpaired) electrons. The summed E-state index contributed by atoms with van der Waals surface area (Å²) in [5.41, 5.74) is 0. The number of nitrogens with one attached hydrogen (secondary N) is 1. The Hall–Kier alpha value is -1.40. The predicted molar refractivity (Wildman–Crippen MR) is 91.8 cm³/mol. The number of thiophene rings is 1. The number of piperazine rings is 1. The fourth-order valence-electron chi connectivity index (χ4n) is 3.31. The van der Waals surface area contributed by atoms with E-state index in [0.717, 1.165) is 24.3 Å². The molecule has 1 N–H and O–H groups in total. The molecule has 0 aliphatic carbocycles. The number of hydrogen-bond donors (Lipinski definition) is 1. The zero-order valence-corrected chi connectivity index (χ0v) is 14.3. The van der Waals surface area contributed by atoms with E-state index in [2.05, 4.69) is 11.4 Å². The summed E-state index contributed by atoms with van der Waals surface area (Å²) in [6.45, 7) is 3.66. The maximum absolute atomic E-state index is 12.6. The molecule has 0 bridgehead atoms. The molecular weight excluding hydrogens is 310 g/mol. The Morgan fingerprint density at radius 2 is 2.04 bits per heavy atom. The van der Waals surface area contributed by atoms with Crippen molar-refractivity contribution in [3.05, 3.63) is 21.9 Å². The highest BCUT2D eigenvalue weighted by Crippen LogP contribution is 2.22. The van der Waals surface area contributed by atoms with Gasteiger partial charge in [-0.3, -0.25) is 9.59 Å². The van der Waals surface area contributed by atoms with E-state index >= 15 is 0 Å². The largest absolute Gasteiger partial charge is 0.342 e. The van der Waals surface area contributed by atoms with Crippen LogP contribution in [0.1, 0.15) is 40.2 Å². The van der Waals surface area contributed by atoms with E-state index in [1.165, 1.54) is 30.6 Å². The Balaban J connectivity index is 1.55. The summed E-state index contributed by atoms with van der Waals surface area (Å²) in [6.07, 6.45) is 7.02. The highest BCUT2D eigenvalue weighted by atomic mass is 32.1. The molecule has 2 aliphatic rings. The van der Waals surface area contributed by atoms with Crippen LogP contribution in [0.3, 0.4) is 0 Å². The van der Waals surface area contributed by atoms with Gasteiger partial charge in [-0.25, -0.2) is 0 Å². The molecule has 1 unspecified atom stereocenters. The van der Waals surface area contributed by atoms with Crippen LogP contribution in [0.25, 0.3) is 0 Å². The van der Waals surface area contributed by atoms with Crippen LogP contribution < -0.4 is 5.32 Å². The van der Waals surface area contributed by atoms with Crippen molar-refractivity contribution in [1.82, 2.24) is 15.1 Å². The predicted octanol–water partition coefficient (Wildman–Crippen LogP) is 1.74. The van der Waals surface area contributed by atoms with Crippen molar-refractivity contribution in [2.75, 3.05) is 32.7 Å². The van der Waals surface area contributed by atoms with Crippen LogP contribution in [0.5, 0.6) is 0 Å². The second-order valence-electron chi connectivity index (χ2n) is 6.40. The highest BCUT2D eigenvalue weighted by Gasteiger charge is 2.23. The van der Waals surface area contributed by atoms with E-state index in [0.29, 0.717) is 32.2 Å². The van der Waals surface area contributed by atoms with Crippen LogP contribution in [-0.2, 0) is 11.2 Å². The zero-order valence-electron chi connectivity index (χ0n) is 13.5. The number of rotatable bonds is 4. The Kier molecular flexibility index (Phi) is 5.67. The van der Waals surface area contributed by atoms with E-state index in [9.17, 15) is 9.59 Å². The van der Waals surface area contributed by atoms with Gasteiger partial charge < -0.3 is 15.1 Å². The fourth-order valence-corrected chi connectivity index (χ4v) is 4.36. The molecule has 6 heteroatoms. The van der Waals surface area contributed by atoms with Crippen molar-refractivity contribution in [2.24, 2.45) is 0 Å². The third-order valence-electron chi connectivity index (χ3n) is 4.73. The van der Waals surface area contributed by atoms with Gasteiger partial charge in [-0.05, 0) is 37.9 Å². The summed E-state index contributed by atoms with van der Waals surface area (Å²) in [6, 6.07) is 4.62. The number of carbonyl (C=O) groups is 2. The molecule has 2 saturated heterocycles. The standard InChI is InChI=1S/C17H25N3O2S/c21-13-19-8-10-20(11-9-19)17(22)16-6-5-15(23-16)12-14-4-2-1-3-7-18-14/h5-6,13-14,18H,1-4,7-12H2. The maximum atomic E-state index is 12.6. The number of nitrogens with zero attached hydrogens (tertiary/aromatic N) is 2. The quantitative estimate of drug-likeness (QED) is 0.853. The molecule has 2 amide bonds. The van der Waals surface area contributed by atoms with E-state index in [4.69, 9.17) is 0 Å². The first kappa shape index (κ1) is 16.5. The average molecular weight is 335 g/mol. The molecule has 0 saturated carbocycles. The third kappa shape index (κ3) is 4.32. The summed E-state index contributed by atoms with van der Waals surface area (Å²) in [5.74, 6) is 0.112. The van der Waals surface area contributed by atoms with Crippen LogP contribution in [0.2, 0.25) is 0 Å². The van der Waals surface area contributed by atoms with Gasteiger partial charge in [0.1, 0.15) is 0 Å². The second kappa shape index (κ2) is 7.93. The molecule has 3 heterocycles. The number of hydrogen-bond acceptors (Lipinski definition) is 4. The minimum absolute atomic E-state index is 0.112. The first-order valence-electron chi connectivity index (χ1n) is 8.57. The summed E-state index contributed by atoms with van der Waals surface area (Å²) >= 11 is 1.63.